The van der Waals surface area contributed by atoms with E-state index in [9.17, 15) is 14.7 Å². The van der Waals surface area contributed by atoms with Gasteiger partial charge in [-0.2, -0.15) is 0 Å². The van der Waals surface area contributed by atoms with E-state index in [1.807, 2.05) is 38.1 Å². The quantitative estimate of drug-likeness (QED) is 0.504. The van der Waals surface area contributed by atoms with Gasteiger partial charge in [-0.3, -0.25) is 13.9 Å². The van der Waals surface area contributed by atoms with Crippen molar-refractivity contribution >= 4 is 11.0 Å². The number of benzene rings is 2. The average molecular weight is 428 g/mol. The van der Waals surface area contributed by atoms with Crippen LogP contribution in [0.3, 0.4) is 0 Å². The molecule has 32 heavy (non-hydrogen) atoms. The molecule has 2 heterocycles. The van der Waals surface area contributed by atoms with Crippen LogP contribution < -0.4 is 11.2 Å². The van der Waals surface area contributed by atoms with Gasteiger partial charge in [0.25, 0.3) is 5.56 Å². The Hall–Kier alpha value is -3.51. The highest BCUT2D eigenvalue weighted by Crippen LogP contribution is 2.49. The fourth-order valence-electron chi connectivity index (χ4n) is 4.93. The number of aromatic nitrogens is 3. The molecule has 162 valence electrons. The van der Waals surface area contributed by atoms with Crippen LogP contribution in [-0.4, -0.2) is 19.2 Å². The Morgan fingerprint density at radius 3 is 2.31 bits per heavy atom. The van der Waals surface area contributed by atoms with E-state index in [0.29, 0.717) is 27.9 Å². The maximum Gasteiger partial charge on any atom is 0.332 e. The van der Waals surface area contributed by atoms with Crippen LogP contribution in [0.15, 0.2) is 39.9 Å². The maximum atomic E-state index is 13.5. The predicted octanol–water partition coefficient (Wildman–Crippen LogP) is 3.59. The third-order valence-electron chi connectivity index (χ3n) is 7.16. The van der Waals surface area contributed by atoms with Crippen molar-refractivity contribution in [1.29, 1.82) is 0 Å². The van der Waals surface area contributed by atoms with E-state index in [-0.39, 0.29) is 0 Å². The van der Waals surface area contributed by atoms with Crippen LogP contribution in [0, 0.1) is 27.7 Å². The minimum atomic E-state index is -0.906. The fraction of sp³-hybridized carbons (Fsp3) is 0.269. The zero-order valence-electron chi connectivity index (χ0n) is 19.1. The number of fused-ring (bicyclic) bond motifs is 4. The molecule has 1 aliphatic carbocycles. The van der Waals surface area contributed by atoms with E-state index < -0.39 is 17.4 Å². The molecule has 0 spiro atoms. The molecule has 4 aromatic rings. The van der Waals surface area contributed by atoms with Gasteiger partial charge in [0.05, 0.1) is 11.1 Å². The van der Waals surface area contributed by atoms with Gasteiger partial charge >= 0.3 is 5.69 Å². The van der Waals surface area contributed by atoms with Gasteiger partial charge in [-0.1, -0.05) is 30.3 Å². The third kappa shape index (κ3) is 2.47. The van der Waals surface area contributed by atoms with Crippen LogP contribution in [0.2, 0.25) is 0 Å². The van der Waals surface area contributed by atoms with Crippen molar-refractivity contribution in [2.75, 3.05) is 0 Å². The molecule has 0 bridgehead atoms. The molecule has 0 aliphatic heterocycles. The first kappa shape index (κ1) is 20.4. The number of aliphatic hydroxyl groups is 1. The van der Waals surface area contributed by atoms with E-state index >= 15 is 0 Å². The van der Waals surface area contributed by atoms with Gasteiger partial charge in [-0.05, 0) is 61.1 Å². The number of pyridine rings is 1. The molecule has 0 amide bonds. The Bertz CT molecular complexity index is 1590. The number of nitrogens with zero attached hydrogens (tertiary/aromatic N) is 3. The second-order valence-corrected chi connectivity index (χ2v) is 8.76. The topological polar surface area (TPSA) is 77.1 Å². The summed E-state index contributed by atoms with van der Waals surface area (Å²) in [5.41, 5.74) is 8.35. The number of aliphatic hydroxyl groups excluding tert-OH is 1. The lowest BCUT2D eigenvalue weighted by molar-refractivity contribution is 0.225. The summed E-state index contributed by atoms with van der Waals surface area (Å²) >= 11 is 0. The fourth-order valence-corrected chi connectivity index (χ4v) is 4.93. The zero-order chi connectivity index (χ0) is 23.1. The molecule has 2 aromatic heterocycles. The molecular weight excluding hydrogens is 402 g/mol. The number of aryl methyl sites for hydroxylation is 2. The molecule has 1 aliphatic rings. The van der Waals surface area contributed by atoms with Crippen LogP contribution in [0.5, 0.6) is 0 Å². The first-order valence-corrected chi connectivity index (χ1v) is 10.6. The SMILES string of the molecule is Cc1cc(-c2c3c(nc4c2c(=O)n(C)c(=O)n4C)-c2ccccc2[C@H]3O)c(C)c(C)c1C. The summed E-state index contributed by atoms with van der Waals surface area (Å²) in [5.74, 6) is 0. The van der Waals surface area contributed by atoms with Crippen LogP contribution in [0.25, 0.3) is 33.4 Å². The number of hydrogen-bond acceptors (Lipinski definition) is 4. The molecule has 0 fully saturated rings. The molecule has 0 saturated heterocycles. The van der Waals surface area contributed by atoms with Crippen molar-refractivity contribution in [2.45, 2.75) is 33.8 Å². The van der Waals surface area contributed by atoms with Gasteiger partial charge in [0.1, 0.15) is 6.10 Å². The van der Waals surface area contributed by atoms with Crippen LogP contribution in [0.4, 0.5) is 0 Å². The van der Waals surface area contributed by atoms with Gasteiger partial charge in [-0.15, -0.1) is 0 Å². The van der Waals surface area contributed by atoms with Crippen LogP contribution in [0.1, 0.15) is 39.5 Å². The second-order valence-electron chi connectivity index (χ2n) is 8.76. The van der Waals surface area contributed by atoms with Crippen molar-refractivity contribution in [1.82, 2.24) is 14.1 Å². The first-order chi connectivity index (χ1) is 15.1. The summed E-state index contributed by atoms with van der Waals surface area (Å²) < 4.78 is 2.52. The summed E-state index contributed by atoms with van der Waals surface area (Å²) in [6, 6.07) is 9.66. The monoisotopic (exact) mass is 427 g/mol. The van der Waals surface area contributed by atoms with E-state index in [4.69, 9.17) is 4.98 Å². The summed E-state index contributed by atoms with van der Waals surface area (Å²) in [4.78, 5) is 30.9. The van der Waals surface area contributed by atoms with Gasteiger partial charge in [0.15, 0.2) is 5.65 Å². The highest BCUT2D eigenvalue weighted by molar-refractivity contribution is 6.00. The summed E-state index contributed by atoms with van der Waals surface area (Å²) in [6.07, 6.45) is -0.906. The Labute approximate surface area is 185 Å². The molecule has 1 N–H and O–H groups in total. The summed E-state index contributed by atoms with van der Waals surface area (Å²) in [7, 11) is 3.11. The third-order valence-corrected chi connectivity index (χ3v) is 7.16. The maximum absolute atomic E-state index is 13.5. The lowest BCUT2D eigenvalue weighted by atomic mass is 9.86. The average Bonchev–Trinajstić information content (AvgIpc) is 3.08. The lowest BCUT2D eigenvalue weighted by Crippen LogP contribution is -2.37. The van der Waals surface area contributed by atoms with Crippen LogP contribution in [-0.2, 0) is 14.1 Å². The van der Waals surface area contributed by atoms with Crippen molar-refractivity contribution in [3.63, 3.8) is 0 Å². The van der Waals surface area contributed by atoms with Crippen molar-refractivity contribution in [3.8, 4) is 22.4 Å². The minimum absolute atomic E-state index is 0.325. The summed E-state index contributed by atoms with van der Waals surface area (Å²) in [5, 5.41) is 11.7. The van der Waals surface area contributed by atoms with E-state index in [0.717, 1.165) is 37.9 Å². The van der Waals surface area contributed by atoms with Gasteiger partial charge in [-0.25, -0.2) is 9.78 Å². The zero-order valence-corrected chi connectivity index (χ0v) is 19.1. The smallest absolute Gasteiger partial charge is 0.332 e. The largest absolute Gasteiger partial charge is 0.384 e. The predicted molar refractivity (Wildman–Crippen MR) is 126 cm³/mol. The minimum Gasteiger partial charge on any atom is -0.384 e. The van der Waals surface area contributed by atoms with Crippen molar-refractivity contribution in [3.05, 3.63) is 84.6 Å². The molecule has 6 nitrogen and oxygen atoms in total. The van der Waals surface area contributed by atoms with Gasteiger partial charge < -0.3 is 5.11 Å². The molecule has 5 rings (SSSR count). The van der Waals surface area contributed by atoms with Crippen molar-refractivity contribution in [2.24, 2.45) is 14.1 Å². The molecule has 2 aromatic carbocycles. The van der Waals surface area contributed by atoms with E-state index in [1.165, 1.54) is 17.2 Å². The Morgan fingerprint density at radius 2 is 1.59 bits per heavy atom. The van der Waals surface area contributed by atoms with Gasteiger partial charge in [0.2, 0.25) is 0 Å². The summed E-state index contributed by atoms with van der Waals surface area (Å²) in [6.45, 7) is 8.25. The normalized spacial score (nSPS) is 14.7. The van der Waals surface area contributed by atoms with Crippen molar-refractivity contribution < 1.29 is 5.11 Å². The molecule has 1 atom stereocenters. The number of hydrogen-bond donors (Lipinski definition) is 1. The molecule has 0 saturated carbocycles. The highest BCUT2D eigenvalue weighted by atomic mass is 16.3. The Morgan fingerprint density at radius 1 is 0.906 bits per heavy atom. The highest BCUT2D eigenvalue weighted by Gasteiger charge is 2.34. The van der Waals surface area contributed by atoms with Crippen LogP contribution >= 0.6 is 0 Å². The molecule has 0 unspecified atom stereocenters. The molecular formula is C26H25N3O3. The van der Waals surface area contributed by atoms with E-state index in [1.54, 1.807) is 7.05 Å². The van der Waals surface area contributed by atoms with E-state index in [2.05, 4.69) is 19.9 Å². The van der Waals surface area contributed by atoms with Gasteiger partial charge in [0, 0.05) is 30.8 Å². The molecule has 0 radical (unpaired) electrons. The Balaban J connectivity index is 2.10. The lowest BCUT2D eigenvalue weighted by Gasteiger charge is -2.21. The molecule has 6 heteroatoms. The Kier molecular flexibility index (Phi) is 4.30. The number of rotatable bonds is 1. The second kappa shape index (κ2) is 6.74. The standard InChI is InChI=1S/C26H25N3O3/c1-12-11-18(15(4)14(3)13(12)2)19-20-22(16-9-7-8-10-17(16)23(20)30)27-24-21(19)25(31)29(6)26(32)28(24)5/h7-11,23,30H,1-6H3/t23-/m1/s1. The first-order valence-electron chi connectivity index (χ1n) is 10.6.